The predicted molar refractivity (Wildman–Crippen MR) is 130 cm³/mol. The van der Waals surface area contributed by atoms with Crippen molar-refractivity contribution in [2.24, 2.45) is 0 Å². The molecule has 0 spiro atoms. The number of methoxy groups -OCH3 is 3. The maximum Gasteiger partial charge on any atom is 0.254 e. The first-order valence-corrected chi connectivity index (χ1v) is 11.1. The second-order valence-corrected chi connectivity index (χ2v) is 7.95. The summed E-state index contributed by atoms with van der Waals surface area (Å²) in [4.78, 5) is 28.9. The number of nitrogens with one attached hydrogen (secondary N) is 1. The van der Waals surface area contributed by atoms with E-state index in [2.05, 4.69) is 5.32 Å². The number of rotatable bonds is 7. The van der Waals surface area contributed by atoms with Crippen LogP contribution in [0.5, 0.6) is 17.2 Å². The van der Waals surface area contributed by atoms with Crippen molar-refractivity contribution in [1.29, 1.82) is 0 Å². The maximum absolute atomic E-state index is 13.8. The number of carbonyl (C=O) groups is 2. The van der Waals surface area contributed by atoms with E-state index in [1.807, 2.05) is 54.6 Å². The van der Waals surface area contributed by atoms with Crippen molar-refractivity contribution in [3.8, 4) is 17.2 Å². The normalized spacial score (nSPS) is 13.4. The van der Waals surface area contributed by atoms with Gasteiger partial charge in [-0.3, -0.25) is 9.59 Å². The van der Waals surface area contributed by atoms with E-state index in [1.54, 1.807) is 17.0 Å². The SMILES string of the molecule is COc1cc(C(=O)NC(C(=O)N2CCCc3ccccc32)c2ccccc2)cc(OC)c1OC. The Hall–Kier alpha value is -4.00. The van der Waals surface area contributed by atoms with Crippen LogP contribution in [0.1, 0.15) is 33.9 Å². The third kappa shape index (κ3) is 4.55. The summed E-state index contributed by atoms with van der Waals surface area (Å²) in [5.41, 5.74) is 3.02. The van der Waals surface area contributed by atoms with Crippen molar-refractivity contribution in [2.45, 2.75) is 18.9 Å². The first kappa shape index (κ1) is 23.2. The molecule has 0 bridgehead atoms. The average Bonchev–Trinajstić information content (AvgIpc) is 2.90. The molecule has 34 heavy (non-hydrogen) atoms. The largest absolute Gasteiger partial charge is 0.493 e. The molecule has 2 amide bonds. The number of para-hydroxylation sites is 1. The Balaban J connectivity index is 1.69. The zero-order valence-corrected chi connectivity index (χ0v) is 19.5. The minimum atomic E-state index is -0.862. The highest BCUT2D eigenvalue weighted by Crippen LogP contribution is 2.38. The number of fused-ring (bicyclic) bond motifs is 1. The number of ether oxygens (including phenoxy) is 3. The predicted octanol–water partition coefficient (Wildman–Crippen LogP) is 4.16. The Morgan fingerprint density at radius 2 is 1.53 bits per heavy atom. The summed E-state index contributed by atoms with van der Waals surface area (Å²) in [7, 11) is 4.48. The zero-order valence-electron chi connectivity index (χ0n) is 19.5. The third-order valence-corrected chi connectivity index (χ3v) is 5.96. The molecule has 176 valence electrons. The number of nitrogens with zero attached hydrogens (tertiary/aromatic N) is 1. The number of anilines is 1. The van der Waals surface area contributed by atoms with Gasteiger partial charge >= 0.3 is 0 Å². The minimum Gasteiger partial charge on any atom is -0.493 e. The molecule has 1 atom stereocenters. The molecule has 1 N–H and O–H groups in total. The van der Waals surface area contributed by atoms with Gasteiger partial charge in [0.1, 0.15) is 6.04 Å². The molecule has 1 heterocycles. The van der Waals surface area contributed by atoms with E-state index in [0.717, 1.165) is 24.1 Å². The van der Waals surface area contributed by atoms with Crippen LogP contribution in [0.3, 0.4) is 0 Å². The van der Waals surface area contributed by atoms with Gasteiger partial charge in [0.2, 0.25) is 5.75 Å². The lowest BCUT2D eigenvalue weighted by molar-refractivity contribution is -0.120. The fraction of sp³-hybridized carbons (Fsp3) is 0.259. The monoisotopic (exact) mass is 460 g/mol. The standard InChI is InChI=1S/C27H28N2O5/c1-32-22-16-20(17-23(33-2)25(22)34-3)26(30)28-24(19-11-5-4-6-12-19)27(31)29-15-9-13-18-10-7-8-14-21(18)29/h4-8,10-12,14,16-17,24H,9,13,15H2,1-3H3,(H,28,30). The lowest BCUT2D eigenvalue weighted by Crippen LogP contribution is -2.45. The third-order valence-electron chi connectivity index (χ3n) is 5.96. The highest BCUT2D eigenvalue weighted by atomic mass is 16.5. The quantitative estimate of drug-likeness (QED) is 0.573. The molecule has 1 aliphatic heterocycles. The molecule has 1 aliphatic rings. The van der Waals surface area contributed by atoms with Crippen molar-refractivity contribution in [2.75, 3.05) is 32.8 Å². The molecule has 0 fully saturated rings. The van der Waals surface area contributed by atoms with Crippen LogP contribution in [0.25, 0.3) is 0 Å². The van der Waals surface area contributed by atoms with E-state index >= 15 is 0 Å². The fourth-order valence-electron chi connectivity index (χ4n) is 4.28. The Labute approximate surface area is 199 Å². The van der Waals surface area contributed by atoms with Crippen LogP contribution in [-0.4, -0.2) is 39.7 Å². The molecule has 1 unspecified atom stereocenters. The molecule has 0 radical (unpaired) electrons. The number of carbonyl (C=O) groups excluding carboxylic acids is 2. The van der Waals surface area contributed by atoms with Crippen molar-refractivity contribution >= 4 is 17.5 Å². The van der Waals surface area contributed by atoms with Crippen molar-refractivity contribution in [3.05, 3.63) is 83.4 Å². The average molecular weight is 461 g/mol. The lowest BCUT2D eigenvalue weighted by atomic mass is 9.99. The molecule has 3 aromatic rings. The first-order valence-electron chi connectivity index (χ1n) is 11.1. The van der Waals surface area contributed by atoms with Crippen LogP contribution < -0.4 is 24.4 Å². The van der Waals surface area contributed by atoms with Gasteiger partial charge in [-0.1, -0.05) is 48.5 Å². The highest BCUT2D eigenvalue weighted by Gasteiger charge is 2.31. The van der Waals surface area contributed by atoms with Crippen LogP contribution in [0.4, 0.5) is 5.69 Å². The molecule has 0 saturated heterocycles. The van der Waals surface area contributed by atoms with Gasteiger partial charge in [-0.05, 0) is 42.2 Å². The molecule has 0 saturated carbocycles. The molecule has 7 heteroatoms. The second-order valence-electron chi connectivity index (χ2n) is 7.95. The molecule has 7 nitrogen and oxygen atoms in total. The van der Waals surface area contributed by atoms with Gasteiger partial charge in [0, 0.05) is 17.8 Å². The first-order chi connectivity index (χ1) is 16.6. The van der Waals surface area contributed by atoms with Gasteiger partial charge in [-0.15, -0.1) is 0 Å². The Kier molecular flexibility index (Phi) is 7.01. The minimum absolute atomic E-state index is 0.181. The molecular weight excluding hydrogens is 432 g/mol. The van der Waals surface area contributed by atoms with Gasteiger partial charge < -0.3 is 24.4 Å². The van der Waals surface area contributed by atoms with E-state index in [4.69, 9.17) is 14.2 Å². The number of benzene rings is 3. The summed E-state index contributed by atoms with van der Waals surface area (Å²) in [5, 5.41) is 2.94. The summed E-state index contributed by atoms with van der Waals surface area (Å²) in [5.74, 6) is 0.507. The summed E-state index contributed by atoms with van der Waals surface area (Å²) >= 11 is 0. The summed E-state index contributed by atoms with van der Waals surface area (Å²) in [6.07, 6.45) is 1.79. The van der Waals surface area contributed by atoms with E-state index in [9.17, 15) is 9.59 Å². The summed E-state index contributed by atoms with van der Waals surface area (Å²) < 4.78 is 16.1. The Morgan fingerprint density at radius 1 is 0.882 bits per heavy atom. The van der Waals surface area contributed by atoms with Crippen LogP contribution in [0.2, 0.25) is 0 Å². The summed E-state index contributed by atoms with van der Waals surface area (Å²) in [6, 6.07) is 19.4. The topological polar surface area (TPSA) is 77.1 Å². The number of amides is 2. The zero-order chi connectivity index (χ0) is 24.1. The van der Waals surface area contributed by atoms with Crippen molar-refractivity contribution in [1.82, 2.24) is 5.32 Å². The second kappa shape index (κ2) is 10.3. The number of aryl methyl sites for hydroxylation is 1. The van der Waals surface area contributed by atoms with E-state index < -0.39 is 11.9 Å². The maximum atomic E-state index is 13.8. The van der Waals surface area contributed by atoms with Gasteiger partial charge in [0.25, 0.3) is 11.8 Å². The van der Waals surface area contributed by atoms with Crippen LogP contribution >= 0.6 is 0 Å². The van der Waals surface area contributed by atoms with Gasteiger partial charge in [-0.25, -0.2) is 0 Å². The van der Waals surface area contributed by atoms with Crippen molar-refractivity contribution in [3.63, 3.8) is 0 Å². The number of hydrogen-bond acceptors (Lipinski definition) is 5. The van der Waals surface area contributed by atoms with Gasteiger partial charge in [0.05, 0.1) is 21.3 Å². The molecule has 3 aromatic carbocycles. The van der Waals surface area contributed by atoms with Crippen LogP contribution in [0, 0.1) is 0 Å². The molecular formula is C27H28N2O5. The smallest absolute Gasteiger partial charge is 0.254 e. The lowest BCUT2D eigenvalue weighted by Gasteiger charge is -2.32. The Bertz CT molecular complexity index is 1150. The van der Waals surface area contributed by atoms with E-state index in [-0.39, 0.29) is 5.91 Å². The molecule has 0 aromatic heterocycles. The molecule has 4 rings (SSSR count). The van der Waals surface area contributed by atoms with Gasteiger partial charge in [-0.2, -0.15) is 0 Å². The highest BCUT2D eigenvalue weighted by molar-refractivity contribution is 6.03. The van der Waals surface area contributed by atoms with Crippen molar-refractivity contribution < 1.29 is 23.8 Å². The van der Waals surface area contributed by atoms with E-state index in [0.29, 0.717) is 34.9 Å². The fourth-order valence-corrected chi connectivity index (χ4v) is 4.28. The summed E-state index contributed by atoms with van der Waals surface area (Å²) in [6.45, 7) is 0.596. The van der Waals surface area contributed by atoms with Crippen LogP contribution in [-0.2, 0) is 11.2 Å². The van der Waals surface area contributed by atoms with E-state index in [1.165, 1.54) is 21.3 Å². The Morgan fingerprint density at radius 3 is 2.18 bits per heavy atom. The van der Waals surface area contributed by atoms with Gasteiger partial charge in [0.15, 0.2) is 11.5 Å². The molecule has 0 aliphatic carbocycles. The number of hydrogen-bond donors (Lipinski definition) is 1. The van der Waals surface area contributed by atoms with Crippen LogP contribution in [0.15, 0.2) is 66.7 Å².